The van der Waals surface area contributed by atoms with Crippen LogP contribution in [0.2, 0.25) is 0 Å². The van der Waals surface area contributed by atoms with Crippen molar-refractivity contribution in [2.24, 2.45) is 5.92 Å². The van der Waals surface area contributed by atoms with Crippen LogP contribution in [0, 0.1) is 5.92 Å². The van der Waals surface area contributed by atoms with Crippen LogP contribution in [-0.4, -0.2) is 29.3 Å². The molecule has 2 unspecified atom stereocenters. The van der Waals surface area contributed by atoms with Crippen molar-refractivity contribution in [3.8, 4) is 0 Å². The lowest BCUT2D eigenvalue weighted by molar-refractivity contribution is 0.408. The second-order valence-corrected chi connectivity index (χ2v) is 5.16. The van der Waals surface area contributed by atoms with E-state index in [4.69, 9.17) is 0 Å². The van der Waals surface area contributed by atoms with Crippen molar-refractivity contribution in [1.29, 1.82) is 0 Å². The SMILES string of the molecule is CNC(CS(C)=O)C1CCCC1. The fraction of sp³-hybridized carbons (Fsp3) is 1.00. The molecule has 1 fully saturated rings. The quantitative estimate of drug-likeness (QED) is 0.718. The van der Waals surface area contributed by atoms with Crippen molar-refractivity contribution in [2.75, 3.05) is 19.1 Å². The van der Waals surface area contributed by atoms with Crippen LogP contribution in [0.5, 0.6) is 0 Å². The van der Waals surface area contributed by atoms with Gasteiger partial charge in [-0.1, -0.05) is 12.8 Å². The van der Waals surface area contributed by atoms with Gasteiger partial charge in [-0.25, -0.2) is 0 Å². The molecule has 1 aliphatic carbocycles. The third-order valence-corrected chi connectivity index (χ3v) is 3.58. The van der Waals surface area contributed by atoms with E-state index in [1.54, 1.807) is 6.26 Å². The molecule has 1 saturated carbocycles. The zero-order valence-electron chi connectivity index (χ0n) is 8.01. The van der Waals surface area contributed by atoms with Crippen LogP contribution in [0.4, 0.5) is 0 Å². The summed E-state index contributed by atoms with van der Waals surface area (Å²) >= 11 is 0. The third kappa shape index (κ3) is 2.87. The van der Waals surface area contributed by atoms with Gasteiger partial charge in [0.25, 0.3) is 0 Å². The Bertz CT molecular complexity index is 155. The lowest BCUT2D eigenvalue weighted by Gasteiger charge is -2.21. The van der Waals surface area contributed by atoms with E-state index >= 15 is 0 Å². The number of hydrogen-bond donors (Lipinski definition) is 1. The molecule has 0 spiro atoms. The Morgan fingerprint density at radius 2 is 2.08 bits per heavy atom. The molecule has 0 heterocycles. The van der Waals surface area contributed by atoms with Crippen molar-refractivity contribution in [3.63, 3.8) is 0 Å². The van der Waals surface area contributed by atoms with Crippen LogP contribution in [0.3, 0.4) is 0 Å². The first-order valence-electron chi connectivity index (χ1n) is 4.71. The fourth-order valence-corrected chi connectivity index (χ4v) is 3.01. The van der Waals surface area contributed by atoms with E-state index in [1.807, 2.05) is 7.05 Å². The standard InChI is InChI=1S/C9H19NOS/c1-10-9(7-12(2)11)8-5-3-4-6-8/h8-10H,3-7H2,1-2H3. The van der Waals surface area contributed by atoms with Gasteiger partial charge in [0.15, 0.2) is 0 Å². The lowest BCUT2D eigenvalue weighted by Crippen LogP contribution is -2.36. The lowest BCUT2D eigenvalue weighted by atomic mass is 10.0. The highest BCUT2D eigenvalue weighted by molar-refractivity contribution is 7.84. The number of hydrogen-bond acceptors (Lipinski definition) is 2. The van der Waals surface area contributed by atoms with Gasteiger partial charge in [0.05, 0.1) is 0 Å². The van der Waals surface area contributed by atoms with E-state index in [0.717, 1.165) is 11.7 Å². The Labute approximate surface area is 77.6 Å². The first kappa shape index (κ1) is 10.2. The van der Waals surface area contributed by atoms with Crippen molar-refractivity contribution in [3.05, 3.63) is 0 Å². The summed E-state index contributed by atoms with van der Waals surface area (Å²) in [7, 11) is 1.33. The van der Waals surface area contributed by atoms with Crippen molar-refractivity contribution in [1.82, 2.24) is 5.32 Å². The van der Waals surface area contributed by atoms with Gasteiger partial charge in [-0.2, -0.15) is 0 Å². The molecule has 1 rings (SSSR count). The van der Waals surface area contributed by atoms with Crippen LogP contribution in [0.15, 0.2) is 0 Å². The highest BCUT2D eigenvalue weighted by Gasteiger charge is 2.24. The summed E-state index contributed by atoms with van der Waals surface area (Å²) in [5, 5.41) is 3.28. The van der Waals surface area contributed by atoms with Gasteiger partial charge in [-0.3, -0.25) is 4.21 Å². The fourth-order valence-electron chi connectivity index (χ4n) is 2.07. The van der Waals surface area contributed by atoms with Gasteiger partial charge in [0, 0.05) is 28.9 Å². The van der Waals surface area contributed by atoms with Gasteiger partial charge < -0.3 is 5.32 Å². The zero-order chi connectivity index (χ0) is 8.97. The summed E-state index contributed by atoms with van der Waals surface area (Å²) in [4.78, 5) is 0. The Balaban J connectivity index is 2.37. The summed E-state index contributed by atoms with van der Waals surface area (Å²) < 4.78 is 11.0. The first-order chi connectivity index (χ1) is 5.74. The Hall–Kier alpha value is 0.110. The molecule has 0 amide bonds. The van der Waals surface area contributed by atoms with Crippen molar-refractivity contribution >= 4 is 10.8 Å². The maximum atomic E-state index is 11.0. The minimum atomic E-state index is -0.654. The van der Waals surface area contributed by atoms with E-state index in [9.17, 15) is 4.21 Å². The number of rotatable bonds is 4. The summed E-state index contributed by atoms with van der Waals surface area (Å²) in [6, 6.07) is 0.485. The molecule has 1 aliphatic rings. The van der Waals surface area contributed by atoms with E-state index < -0.39 is 10.8 Å². The molecule has 1 N–H and O–H groups in total. The molecule has 0 aliphatic heterocycles. The van der Waals surface area contributed by atoms with E-state index in [0.29, 0.717) is 6.04 Å². The molecule has 0 aromatic rings. The average molecular weight is 189 g/mol. The molecule has 0 bridgehead atoms. The molecule has 2 nitrogen and oxygen atoms in total. The maximum absolute atomic E-state index is 11.0. The minimum absolute atomic E-state index is 0.485. The van der Waals surface area contributed by atoms with Gasteiger partial charge in [0.1, 0.15) is 0 Å². The van der Waals surface area contributed by atoms with Crippen molar-refractivity contribution < 1.29 is 4.21 Å². The van der Waals surface area contributed by atoms with E-state index in [-0.39, 0.29) is 0 Å². The van der Waals surface area contributed by atoms with Crippen molar-refractivity contribution in [2.45, 2.75) is 31.7 Å². The average Bonchev–Trinajstić information content (AvgIpc) is 2.51. The van der Waals surface area contributed by atoms with E-state index in [1.165, 1.54) is 25.7 Å². The summed E-state index contributed by atoms with van der Waals surface area (Å²) in [6.45, 7) is 0. The molecular formula is C9H19NOS. The van der Waals surface area contributed by atoms with Crippen LogP contribution in [0.1, 0.15) is 25.7 Å². The van der Waals surface area contributed by atoms with Gasteiger partial charge >= 0.3 is 0 Å². The summed E-state index contributed by atoms with van der Waals surface area (Å²) in [6.07, 6.45) is 7.16. The van der Waals surface area contributed by atoms with Crippen LogP contribution < -0.4 is 5.32 Å². The normalized spacial score (nSPS) is 24.2. The van der Waals surface area contributed by atoms with Crippen LogP contribution in [0.25, 0.3) is 0 Å². The molecule has 2 atom stereocenters. The minimum Gasteiger partial charge on any atom is -0.316 e. The number of nitrogens with one attached hydrogen (secondary N) is 1. The van der Waals surface area contributed by atoms with Crippen LogP contribution in [-0.2, 0) is 10.8 Å². The predicted octanol–water partition coefficient (Wildman–Crippen LogP) is 1.14. The summed E-state index contributed by atoms with van der Waals surface area (Å²) in [5.74, 6) is 1.60. The highest BCUT2D eigenvalue weighted by Crippen LogP contribution is 2.27. The van der Waals surface area contributed by atoms with E-state index in [2.05, 4.69) is 5.32 Å². The van der Waals surface area contributed by atoms with Gasteiger partial charge in [0.2, 0.25) is 0 Å². The maximum Gasteiger partial charge on any atom is 0.0388 e. The second-order valence-electron chi connectivity index (χ2n) is 3.68. The third-order valence-electron chi connectivity index (χ3n) is 2.75. The predicted molar refractivity (Wildman–Crippen MR) is 53.7 cm³/mol. The molecule has 0 aromatic carbocycles. The van der Waals surface area contributed by atoms with Crippen LogP contribution >= 0.6 is 0 Å². The molecule has 0 radical (unpaired) electrons. The molecular weight excluding hydrogens is 170 g/mol. The zero-order valence-corrected chi connectivity index (χ0v) is 8.82. The monoisotopic (exact) mass is 189 g/mol. The summed E-state index contributed by atoms with van der Waals surface area (Å²) in [5.41, 5.74) is 0. The Morgan fingerprint density at radius 1 is 1.50 bits per heavy atom. The van der Waals surface area contributed by atoms with Gasteiger partial charge in [-0.15, -0.1) is 0 Å². The topological polar surface area (TPSA) is 29.1 Å². The smallest absolute Gasteiger partial charge is 0.0388 e. The Morgan fingerprint density at radius 3 is 2.50 bits per heavy atom. The molecule has 0 aromatic heterocycles. The molecule has 72 valence electrons. The second kappa shape index (κ2) is 4.97. The molecule has 0 saturated heterocycles. The largest absolute Gasteiger partial charge is 0.316 e. The molecule has 12 heavy (non-hydrogen) atoms. The Kier molecular flexibility index (Phi) is 4.22. The van der Waals surface area contributed by atoms with Gasteiger partial charge in [-0.05, 0) is 25.8 Å². The molecule has 3 heteroatoms. The first-order valence-corrected chi connectivity index (χ1v) is 6.44. The highest BCUT2D eigenvalue weighted by atomic mass is 32.2.